The standard InChI is InChI=1S/C12H11N5O3S/c1-8-11(6-13-15-8)21(18,19)17-10-4-2-3-9(5-10)12-16-14-7-20-12/h2-7,17H,1H3,(H,13,15). The fourth-order valence-corrected chi connectivity index (χ4v) is 3.02. The van der Waals surface area contributed by atoms with E-state index in [-0.39, 0.29) is 4.90 Å². The predicted molar refractivity (Wildman–Crippen MR) is 73.9 cm³/mol. The van der Waals surface area contributed by atoms with Crippen molar-refractivity contribution in [2.45, 2.75) is 11.8 Å². The van der Waals surface area contributed by atoms with Gasteiger partial charge in [0.15, 0.2) is 0 Å². The molecular weight excluding hydrogens is 294 g/mol. The van der Waals surface area contributed by atoms with Gasteiger partial charge in [0.05, 0.1) is 11.9 Å². The van der Waals surface area contributed by atoms with E-state index in [1.807, 2.05) is 0 Å². The number of hydrogen-bond acceptors (Lipinski definition) is 6. The van der Waals surface area contributed by atoms with Crippen LogP contribution < -0.4 is 4.72 Å². The highest BCUT2D eigenvalue weighted by atomic mass is 32.2. The molecular formula is C12H11N5O3S. The quantitative estimate of drug-likeness (QED) is 0.756. The van der Waals surface area contributed by atoms with Gasteiger partial charge in [0.25, 0.3) is 10.0 Å². The summed E-state index contributed by atoms with van der Waals surface area (Å²) >= 11 is 0. The lowest BCUT2D eigenvalue weighted by molar-refractivity contribution is 0.568. The second-order valence-corrected chi connectivity index (χ2v) is 5.94. The largest absolute Gasteiger partial charge is 0.423 e. The molecule has 0 unspecified atom stereocenters. The molecule has 0 aliphatic heterocycles. The Hall–Kier alpha value is -2.68. The van der Waals surface area contributed by atoms with E-state index < -0.39 is 10.0 Å². The maximum Gasteiger partial charge on any atom is 0.265 e. The van der Waals surface area contributed by atoms with E-state index in [1.165, 1.54) is 12.6 Å². The molecule has 0 spiro atoms. The summed E-state index contributed by atoms with van der Waals surface area (Å²) in [5, 5.41) is 13.7. The van der Waals surface area contributed by atoms with Crippen molar-refractivity contribution in [3.8, 4) is 11.5 Å². The van der Waals surface area contributed by atoms with Gasteiger partial charge in [0.2, 0.25) is 12.3 Å². The van der Waals surface area contributed by atoms with Gasteiger partial charge in [-0.1, -0.05) is 6.07 Å². The molecule has 0 radical (unpaired) electrons. The van der Waals surface area contributed by atoms with Gasteiger partial charge in [0.1, 0.15) is 4.90 Å². The smallest absolute Gasteiger partial charge is 0.265 e. The molecule has 0 saturated heterocycles. The average Bonchev–Trinajstić information content (AvgIpc) is 3.09. The Labute approximate surface area is 120 Å². The maximum absolute atomic E-state index is 12.3. The first kappa shape index (κ1) is 13.3. The lowest BCUT2D eigenvalue weighted by Crippen LogP contribution is -2.13. The Morgan fingerprint density at radius 3 is 2.86 bits per heavy atom. The number of H-pyrrole nitrogens is 1. The molecule has 3 aromatic rings. The summed E-state index contributed by atoms with van der Waals surface area (Å²) in [6.45, 7) is 1.64. The first-order valence-electron chi connectivity index (χ1n) is 5.96. The SMILES string of the molecule is Cc1[nH]ncc1S(=O)(=O)Nc1cccc(-c2nnco2)c1. The molecule has 0 fully saturated rings. The van der Waals surface area contributed by atoms with Crippen LogP contribution in [0.1, 0.15) is 5.69 Å². The van der Waals surface area contributed by atoms with Crippen molar-refractivity contribution in [2.75, 3.05) is 4.72 Å². The van der Waals surface area contributed by atoms with Crippen LogP contribution >= 0.6 is 0 Å². The van der Waals surface area contributed by atoms with Crippen LogP contribution in [0, 0.1) is 6.92 Å². The summed E-state index contributed by atoms with van der Waals surface area (Å²) in [5.74, 6) is 0.315. The van der Waals surface area contributed by atoms with Gasteiger partial charge in [-0.25, -0.2) is 8.42 Å². The number of aromatic amines is 1. The van der Waals surface area contributed by atoms with Crippen molar-refractivity contribution in [1.82, 2.24) is 20.4 Å². The number of anilines is 1. The zero-order valence-electron chi connectivity index (χ0n) is 10.9. The van der Waals surface area contributed by atoms with Gasteiger partial charge in [-0.15, -0.1) is 10.2 Å². The number of nitrogens with zero attached hydrogens (tertiary/aromatic N) is 3. The third-order valence-corrected chi connectivity index (χ3v) is 4.29. The highest BCUT2D eigenvalue weighted by Gasteiger charge is 2.19. The molecule has 0 atom stereocenters. The number of aryl methyl sites for hydroxylation is 1. The molecule has 0 saturated carbocycles. The van der Waals surface area contributed by atoms with Crippen LogP contribution in [-0.2, 0) is 10.0 Å². The Morgan fingerprint density at radius 2 is 2.19 bits per heavy atom. The second kappa shape index (κ2) is 5.02. The Kier molecular flexibility index (Phi) is 3.18. The molecule has 0 bridgehead atoms. The summed E-state index contributed by atoms with van der Waals surface area (Å²) in [5.41, 5.74) is 1.48. The van der Waals surface area contributed by atoms with Gasteiger partial charge < -0.3 is 4.42 Å². The van der Waals surface area contributed by atoms with Gasteiger partial charge in [0, 0.05) is 11.3 Å². The predicted octanol–water partition coefficient (Wildman–Crippen LogP) is 1.57. The minimum atomic E-state index is -3.70. The van der Waals surface area contributed by atoms with E-state index in [2.05, 4.69) is 25.1 Å². The molecule has 9 heteroatoms. The zero-order valence-corrected chi connectivity index (χ0v) is 11.8. The van der Waals surface area contributed by atoms with Crippen molar-refractivity contribution >= 4 is 15.7 Å². The number of benzene rings is 1. The molecule has 2 N–H and O–H groups in total. The van der Waals surface area contributed by atoms with Crippen molar-refractivity contribution in [1.29, 1.82) is 0 Å². The van der Waals surface area contributed by atoms with E-state index in [4.69, 9.17) is 4.42 Å². The molecule has 108 valence electrons. The molecule has 8 nitrogen and oxygen atoms in total. The van der Waals surface area contributed by atoms with E-state index >= 15 is 0 Å². The van der Waals surface area contributed by atoms with Crippen LogP contribution in [0.4, 0.5) is 5.69 Å². The molecule has 21 heavy (non-hydrogen) atoms. The normalized spacial score (nSPS) is 11.5. The van der Waals surface area contributed by atoms with Crippen molar-refractivity contribution in [2.24, 2.45) is 0 Å². The molecule has 0 aliphatic rings. The topological polar surface area (TPSA) is 114 Å². The highest BCUT2D eigenvalue weighted by Crippen LogP contribution is 2.23. The third kappa shape index (κ3) is 2.63. The Bertz CT molecular complexity index is 855. The molecule has 0 amide bonds. The van der Waals surface area contributed by atoms with Crippen LogP contribution in [0.15, 0.2) is 46.2 Å². The summed E-state index contributed by atoms with van der Waals surface area (Å²) < 4.78 is 32.1. The van der Waals surface area contributed by atoms with Crippen LogP contribution in [0.3, 0.4) is 0 Å². The van der Waals surface area contributed by atoms with Gasteiger partial charge in [-0.05, 0) is 25.1 Å². The summed E-state index contributed by atoms with van der Waals surface area (Å²) in [7, 11) is -3.70. The van der Waals surface area contributed by atoms with Crippen LogP contribution in [0.25, 0.3) is 11.5 Å². The van der Waals surface area contributed by atoms with Crippen LogP contribution in [0.5, 0.6) is 0 Å². The Balaban J connectivity index is 1.92. The lowest BCUT2D eigenvalue weighted by Gasteiger charge is -2.07. The number of nitrogens with one attached hydrogen (secondary N) is 2. The molecule has 0 aliphatic carbocycles. The van der Waals surface area contributed by atoms with Crippen molar-refractivity contribution in [3.05, 3.63) is 42.5 Å². The fourth-order valence-electron chi connectivity index (χ4n) is 1.84. The number of hydrogen-bond donors (Lipinski definition) is 2. The minimum absolute atomic E-state index is 0.102. The monoisotopic (exact) mass is 305 g/mol. The summed E-state index contributed by atoms with van der Waals surface area (Å²) in [6, 6.07) is 6.68. The van der Waals surface area contributed by atoms with E-state index in [9.17, 15) is 8.42 Å². The number of sulfonamides is 1. The summed E-state index contributed by atoms with van der Waals surface area (Å²) in [6.07, 6.45) is 2.47. The van der Waals surface area contributed by atoms with E-state index in [0.717, 1.165) is 0 Å². The maximum atomic E-state index is 12.3. The third-order valence-electron chi connectivity index (χ3n) is 2.79. The molecule has 3 rings (SSSR count). The number of rotatable bonds is 4. The molecule has 2 heterocycles. The fraction of sp³-hybridized carbons (Fsp3) is 0.0833. The minimum Gasteiger partial charge on any atom is -0.423 e. The van der Waals surface area contributed by atoms with E-state index in [1.54, 1.807) is 31.2 Å². The highest BCUT2D eigenvalue weighted by molar-refractivity contribution is 7.92. The van der Waals surface area contributed by atoms with Crippen LogP contribution in [-0.4, -0.2) is 28.8 Å². The van der Waals surface area contributed by atoms with Crippen LogP contribution in [0.2, 0.25) is 0 Å². The van der Waals surface area contributed by atoms with E-state index in [0.29, 0.717) is 22.8 Å². The summed E-state index contributed by atoms with van der Waals surface area (Å²) in [4.78, 5) is 0.102. The Morgan fingerprint density at radius 1 is 1.33 bits per heavy atom. The van der Waals surface area contributed by atoms with Gasteiger partial charge in [-0.3, -0.25) is 9.82 Å². The second-order valence-electron chi connectivity index (χ2n) is 4.29. The van der Waals surface area contributed by atoms with Gasteiger partial charge >= 0.3 is 0 Å². The van der Waals surface area contributed by atoms with Gasteiger partial charge in [-0.2, -0.15) is 5.10 Å². The zero-order chi connectivity index (χ0) is 14.9. The molecule has 2 aromatic heterocycles. The lowest BCUT2D eigenvalue weighted by atomic mass is 10.2. The first-order chi connectivity index (χ1) is 10.1. The molecule has 1 aromatic carbocycles. The van der Waals surface area contributed by atoms with Crippen molar-refractivity contribution < 1.29 is 12.8 Å². The average molecular weight is 305 g/mol. The first-order valence-corrected chi connectivity index (χ1v) is 7.44. The van der Waals surface area contributed by atoms with Crippen molar-refractivity contribution in [3.63, 3.8) is 0 Å². The number of aromatic nitrogens is 4.